The number of carbonyl (C=O) groups is 1. The van der Waals surface area contributed by atoms with Gasteiger partial charge in [0.2, 0.25) is 5.91 Å². The molecule has 0 spiro atoms. The number of ether oxygens (including phenoxy) is 1. The highest BCUT2D eigenvalue weighted by Gasteiger charge is 2.29. The van der Waals surface area contributed by atoms with Gasteiger partial charge < -0.3 is 4.74 Å². The van der Waals surface area contributed by atoms with Crippen molar-refractivity contribution in [1.29, 1.82) is 0 Å². The molecule has 1 fully saturated rings. The topological polar surface area (TPSA) is 75.7 Å². The van der Waals surface area contributed by atoms with Crippen molar-refractivity contribution in [3.05, 3.63) is 29.8 Å². The molecule has 3 rings (SSSR count). The van der Waals surface area contributed by atoms with Crippen molar-refractivity contribution < 1.29 is 17.9 Å². The average Bonchev–Trinajstić information content (AvgIpc) is 2.98. The van der Waals surface area contributed by atoms with E-state index in [4.69, 9.17) is 4.74 Å². The van der Waals surface area contributed by atoms with Crippen LogP contribution in [0.3, 0.4) is 0 Å². The zero-order valence-electron chi connectivity index (χ0n) is 12.3. The predicted octanol–water partition coefficient (Wildman–Crippen LogP) is 1.37. The number of para-hydroxylation sites is 1. The molecule has 0 aromatic heterocycles. The van der Waals surface area contributed by atoms with Gasteiger partial charge in [-0.25, -0.2) is 4.72 Å². The molecule has 1 saturated heterocycles. The Morgan fingerprint density at radius 1 is 1.32 bits per heavy atom. The number of nitrogens with zero attached hydrogens (tertiary/aromatic N) is 1. The summed E-state index contributed by atoms with van der Waals surface area (Å²) < 4.78 is 33.8. The molecule has 1 N–H and O–H groups in total. The molecule has 1 unspecified atom stereocenters. The molecule has 1 atom stereocenters. The Bertz CT molecular complexity index is 653. The van der Waals surface area contributed by atoms with E-state index < -0.39 is 16.1 Å². The van der Waals surface area contributed by atoms with E-state index in [2.05, 4.69) is 4.72 Å². The van der Waals surface area contributed by atoms with E-state index in [9.17, 15) is 13.2 Å². The van der Waals surface area contributed by atoms with Crippen LogP contribution in [0.1, 0.15) is 31.2 Å². The summed E-state index contributed by atoms with van der Waals surface area (Å²) in [6.07, 6.45) is 3.26. The number of hydrogen-bond acceptors (Lipinski definition) is 4. The SMILES string of the molecule is O=C(CC1CCCO1)NS(=O)(=O)N1CCCc2ccccc21. The molecule has 1 aromatic carbocycles. The highest BCUT2D eigenvalue weighted by atomic mass is 32.2. The molecule has 1 aromatic rings. The van der Waals surface area contributed by atoms with Gasteiger partial charge in [-0.3, -0.25) is 9.10 Å². The zero-order chi connectivity index (χ0) is 15.6. The van der Waals surface area contributed by atoms with Crippen LogP contribution in [0.15, 0.2) is 24.3 Å². The average molecular weight is 324 g/mol. The normalized spacial score (nSPS) is 21.5. The highest BCUT2D eigenvalue weighted by molar-refractivity contribution is 7.91. The standard InChI is InChI=1S/C15H20N2O4S/c18-15(11-13-7-4-10-21-13)16-22(19,20)17-9-3-6-12-5-1-2-8-14(12)17/h1-2,5,8,13H,3-4,6-7,9-11H2,(H,16,18). The van der Waals surface area contributed by atoms with Gasteiger partial charge in [-0.1, -0.05) is 18.2 Å². The molecule has 0 saturated carbocycles. The van der Waals surface area contributed by atoms with Crippen LogP contribution >= 0.6 is 0 Å². The molecule has 2 aliphatic heterocycles. The number of nitrogens with one attached hydrogen (secondary N) is 1. The number of carbonyl (C=O) groups excluding carboxylic acids is 1. The first kappa shape index (κ1) is 15.3. The van der Waals surface area contributed by atoms with Crippen molar-refractivity contribution in [3.63, 3.8) is 0 Å². The van der Waals surface area contributed by atoms with Crippen LogP contribution in [-0.4, -0.2) is 33.6 Å². The number of benzene rings is 1. The third-order valence-electron chi connectivity index (χ3n) is 4.04. The van der Waals surface area contributed by atoms with Gasteiger partial charge >= 0.3 is 10.2 Å². The summed E-state index contributed by atoms with van der Waals surface area (Å²) in [5.41, 5.74) is 1.65. The van der Waals surface area contributed by atoms with Crippen LogP contribution in [0.5, 0.6) is 0 Å². The fourth-order valence-electron chi connectivity index (χ4n) is 3.00. The fourth-order valence-corrected chi connectivity index (χ4v) is 4.29. The lowest BCUT2D eigenvalue weighted by molar-refractivity contribution is -0.121. The van der Waals surface area contributed by atoms with Gasteiger partial charge in [-0.15, -0.1) is 0 Å². The third-order valence-corrected chi connectivity index (χ3v) is 5.48. The zero-order valence-corrected chi connectivity index (χ0v) is 13.1. The van der Waals surface area contributed by atoms with E-state index in [1.165, 1.54) is 4.31 Å². The molecule has 0 bridgehead atoms. The number of amides is 1. The Balaban J connectivity index is 1.72. The van der Waals surface area contributed by atoms with Crippen LogP contribution in [-0.2, 0) is 26.2 Å². The number of rotatable bonds is 4. The molecule has 0 radical (unpaired) electrons. The second kappa shape index (κ2) is 6.26. The Labute approximate surface area is 130 Å². The van der Waals surface area contributed by atoms with Gasteiger partial charge in [0.05, 0.1) is 18.2 Å². The predicted molar refractivity (Wildman–Crippen MR) is 82.8 cm³/mol. The quantitative estimate of drug-likeness (QED) is 0.907. The van der Waals surface area contributed by atoms with Crippen molar-refractivity contribution >= 4 is 21.8 Å². The van der Waals surface area contributed by atoms with E-state index in [1.54, 1.807) is 12.1 Å². The van der Waals surface area contributed by atoms with Crippen LogP contribution in [0.25, 0.3) is 0 Å². The smallest absolute Gasteiger partial charge is 0.326 e. The second-order valence-electron chi connectivity index (χ2n) is 5.67. The minimum Gasteiger partial charge on any atom is -0.378 e. The van der Waals surface area contributed by atoms with Crippen LogP contribution < -0.4 is 9.03 Å². The summed E-state index contributed by atoms with van der Waals surface area (Å²) in [4.78, 5) is 12.0. The van der Waals surface area contributed by atoms with Crippen molar-refractivity contribution in [2.75, 3.05) is 17.5 Å². The summed E-state index contributed by atoms with van der Waals surface area (Å²) in [6.45, 7) is 1.03. The van der Waals surface area contributed by atoms with E-state index in [1.807, 2.05) is 12.1 Å². The Morgan fingerprint density at radius 3 is 2.91 bits per heavy atom. The molecule has 7 heteroatoms. The minimum atomic E-state index is -3.86. The molecule has 120 valence electrons. The summed E-state index contributed by atoms with van der Waals surface area (Å²) >= 11 is 0. The highest BCUT2D eigenvalue weighted by Crippen LogP contribution is 2.28. The van der Waals surface area contributed by atoms with Gasteiger partial charge in [0.25, 0.3) is 0 Å². The van der Waals surface area contributed by atoms with Crippen molar-refractivity contribution in [1.82, 2.24) is 4.72 Å². The maximum Gasteiger partial charge on any atom is 0.326 e. The van der Waals surface area contributed by atoms with E-state index in [0.29, 0.717) is 18.8 Å². The lowest BCUT2D eigenvalue weighted by Gasteiger charge is -2.30. The van der Waals surface area contributed by atoms with Crippen LogP contribution in [0, 0.1) is 0 Å². The molecule has 6 nitrogen and oxygen atoms in total. The molecule has 2 aliphatic rings. The van der Waals surface area contributed by atoms with Gasteiger partial charge in [-0.05, 0) is 37.3 Å². The van der Waals surface area contributed by atoms with Gasteiger partial charge in [0.1, 0.15) is 0 Å². The van der Waals surface area contributed by atoms with Crippen LogP contribution in [0.2, 0.25) is 0 Å². The lowest BCUT2D eigenvalue weighted by Crippen LogP contribution is -2.46. The van der Waals surface area contributed by atoms with E-state index in [-0.39, 0.29) is 12.5 Å². The van der Waals surface area contributed by atoms with E-state index in [0.717, 1.165) is 31.2 Å². The Morgan fingerprint density at radius 2 is 2.14 bits per heavy atom. The minimum absolute atomic E-state index is 0.0920. The summed E-state index contributed by atoms with van der Waals surface area (Å²) in [7, 11) is -3.86. The second-order valence-corrected chi connectivity index (χ2v) is 7.27. The van der Waals surface area contributed by atoms with Gasteiger partial charge in [0.15, 0.2) is 0 Å². The summed E-state index contributed by atoms with van der Waals surface area (Å²) in [6, 6.07) is 7.40. The first-order valence-corrected chi connectivity index (χ1v) is 9.03. The Hall–Kier alpha value is -1.60. The number of hydrogen-bond donors (Lipinski definition) is 1. The van der Waals surface area contributed by atoms with Gasteiger partial charge in [0, 0.05) is 13.2 Å². The van der Waals surface area contributed by atoms with Gasteiger partial charge in [-0.2, -0.15) is 8.42 Å². The van der Waals surface area contributed by atoms with Crippen molar-refractivity contribution in [2.45, 2.75) is 38.2 Å². The monoisotopic (exact) mass is 324 g/mol. The molecule has 0 aliphatic carbocycles. The molecule has 2 heterocycles. The molecular formula is C15H20N2O4S. The lowest BCUT2D eigenvalue weighted by atomic mass is 10.0. The summed E-state index contributed by atoms with van der Waals surface area (Å²) in [5.74, 6) is -0.505. The molecule has 22 heavy (non-hydrogen) atoms. The molecule has 1 amide bonds. The van der Waals surface area contributed by atoms with E-state index >= 15 is 0 Å². The summed E-state index contributed by atoms with van der Waals surface area (Å²) in [5, 5.41) is 0. The number of anilines is 1. The third kappa shape index (κ3) is 3.25. The number of aryl methyl sites for hydroxylation is 1. The maximum atomic E-state index is 12.5. The van der Waals surface area contributed by atoms with Crippen LogP contribution in [0.4, 0.5) is 5.69 Å². The molecular weight excluding hydrogens is 304 g/mol. The first-order valence-electron chi connectivity index (χ1n) is 7.59. The maximum absolute atomic E-state index is 12.5. The number of fused-ring (bicyclic) bond motifs is 1. The Kier molecular flexibility index (Phi) is 4.35. The fraction of sp³-hybridized carbons (Fsp3) is 0.533. The van der Waals surface area contributed by atoms with Crippen molar-refractivity contribution in [2.24, 2.45) is 0 Å². The largest absolute Gasteiger partial charge is 0.378 e. The first-order chi connectivity index (χ1) is 10.6. The van der Waals surface area contributed by atoms with Crippen molar-refractivity contribution in [3.8, 4) is 0 Å².